The van der Waals surface area contributed by atoms with E-state index in [0.717, 1.165) is 25.2 Å². The zero-order valence-corrected chi connectivity index (χ0v) is 10.3. The molecule has 0 aliphatic heterocycles. The van der Waals surface area contributed by atoms with Crippen LogP contribution in [0.4, 0.5) is 0 Å². The van der Waals surface area contributed by atoms with E-state index in [-0.39, 0.29) is 0 Å². The van der Waals surface area contributed by atoms with Gasteiger partial charge in [-0.25, -0.2) is 0 Å². The predicted molar refractivity (Wildman–Crippen MR) is 66.0 cm³/mol. The summed E-state index contributed by atoms with van der Waals surface area (Å²) >= 11 is 8.30. The third-order valence-corrected chi connectivity index (χ3v) is 3.51. The number of aromatic nitrogens is 1. The lowest BCUT2D eigenvalue weighted by atomic mass is 10.2. The average Bonchev–Trinajstić information content (AvgIpc) is 2.23. The molecule has 2 nitrogen and oxygen atoms in total. The number of nitrogens with zero attached hydrogens (tertiary/aromatic N) is 1. The molecule has 1 aromatic heterocycles. The van der Waals surface area contributed by atoms with Crippen LogP contribution < -0.4 is 4.74 Å². The second-order valence-electron chi connectivity index (χ2n) is 2.80. The fourth-order valence-electron chi connectivity index (χ4n) is 1.24. The minimum Gasteiger partial charge on any atom is -0.497 e. The molecule has 14 heavy (non-hydrogen) atoms. The van der Waals surface area contributed by atoms with Gasteiger partial charge in [-0.1, -0.05) is 11.6 Å². The summed E-state index contributed by atoms with van der Waals surface area (Å²) in [4.78, 5) is 4.28. The molecule has 0 saturated carbocycles. The van der Waals surface area contributed by atoms with Crippen LogP contribution in [0.1, 0.15) is 0 Å². The van der Waals surface area contributed by atoms with Crippen molar-refractivity contribution < 1.29 is 4.74 Å². The van der Waals surface area contributed by atoms with Gasteiger partial charge in [-0.15, -0.1) is 0 Å². The van der Waals surface area contributed by atoms with Crippen molar-refractivity contribution in [3.63, 3.8) is 0 Å². The van der Waals surface area contributed by atoms with Crippen LogP contribution in [-0.2, 0) is 0 Å². The Kier molecular flexibility index (Phi) is 2.78. The number of hydrogen-bond acceptors (Lipinski definition) is 2. The average molecular weight is 320 g/mol. The van der Waals surface area contributed by atoms with E-state index in [1.54, 1.807) is 13.3 Å². The van der Waals surface area contributed by atoms with Crippen molar-refractivity contribution in [3.05, 3.63) is 33.0 Å². The van der Waals surface area contributed by atoms with Gasteiger partial charge < -0.3 is 4.74 Å². The summed E-state index contributed by atoms with van der Waals surface area (Å²) in [6, 6.07) is 5.68. The van der Waals surface area contributed by atoms with Crippen LogP contribution in [0, 0.1) is 3.57 Å². The Hall–Kier alpha value is -0.550. The minimum atomic E-state index is 0.748. The van der Waals surface area contributed by atoms with E-state index in [4.69, 9.17) is 16.3 Å². The lowest BCUT2D eigenvalue weighted by Crippen LogP contribution is -1.86. The first-order valence-electron chi connectivity index (χ1n) is 4.00. The molecule has 2 rings (SSSR count). The molecule has 4 heteroatoms. The first-order chi connectivity index (χ1) is 6.72. The highest BCUT2D eigenvalue weighted by atomic mass is 127. The molecule has 1 heterocycles. The highest BCUT2D eigenvalue weighted by Gasteiger charge is 2.04. The standard InChI is InChI=1S/C10H7ClINO/c1-14-6-2-3-7-9(4-6)13-5-8(12)10(7)11/h2-5H,1H3. The Balaban J connectivity index is 2.74. The van der Waals surface area contributed by atoms with E-state index in [1.165, 1.54) is 0 Å². The van der Waals surface area contributed by atoms with Gasteiger partial charge in [0.1, 0.15) is 5.75 Å². The van der Waals surface area contributed by atoms with Crippen LogP contribution in [0.2, 0.25) is 5.02 Å². The lowest BCUT2D eigenvalue weighted by Gasteiger charge is -2.04. The molecule has 0 aliphatic carbocycles. The predicted octanol–water partition coefficient (Wildman–Crippen LogP) is 3.50. The zero-order valence-electron chi connectivity index (χ0n) is 7.42. The molecule has 0 fully saturated rings. The number of hydrogen-bond donors (Lipinski definition) is 0. The fraction of sp³-hybridized carbons (Fsp3) is 0.100. The number of ether oxygens (including phenoxy) is 1. The summed E-state index contributed by atoms with van der Waals surface area (Å²) in [5.41, 5.74) is 0.856. The number of methoxy groups -OCH3 is 1. The van der Waals surface area contributed by atoms with Crippen molar-refractivity contribution in [2.24, 2.45) is 0 Å². The van der Waals surface area contributed by atoms with E-state index in [1.807, 2.05) is 18.2 Å². The summed E-state index contributed by atoms with van der Waals surface area (Å²) in [5.74, 6) is 0.794. The molecule has 72 valence electrons. The third kappa shape index (κ3) is 1.66. The molecule has 0 atom stereocenters. The van der Waals surface area contributed by atoms with Gasteiger partial charge in [-0.2, -0.15) is 0 Å². The van der Waals surface area contributed by atoms with Gasteiger partial charge in [0.15, 0.2) is 0 Å². The van der Waals surface area contributed by atoms with Crippen molar-refractivity contribution in [3.8, 4) is 5.75 Å². The molecule has 0 bridgehead atoms. The molecule has 0 spiro atoms. The second kappa shape index (κ2) is 3.90. The van der Waals surface area contributed by atoms with Gasteiger partial charge in [-0.3, -0.25) is 4.98 Å². The molecule has 0 radical (unpaired) electrons. The first-order valence-corrected chi connectivity index (χ1v) is 5.46. The maximum atomic E-state index is 6.13. The van der Waals surface area contributed by atoms with Crippen molar-refractivity contribution in [2.45, 2.75) is 0 Å². The number of fused-ring (bicyclic) bond motifs is 1. The molecule has 0 unspecified atom stereocenters. The van der Waals surface area contributed by atoms with Crippen LogP contribution >= 0.6 is 34.2 Å². The Labute approximate surface area is 100 Å². The topological polar surface area (TPSA) is 22.1 Å². The van der Waals surface area contributed by atoms with Crippen LogP contribution in [-0.4, -0.2) is 12.1 Å². The molecular formula is C10H7ClINO. The molecular weight excluding hydrogens is 312 g/mol. The van der Waals surface area contributed by atoms with Crippen LogP contribution in [0.5, 0.6) is 5.75 Å². The monoisotopic (exact) mass is 319 g/mol. The number of benzene rings is 1. The highest BCUT2D eigenvalue weighted by molar-refractivity contribution is 14.1. The number of rotatable bonds is 1. The van der Waals surface area contributed by atoms with E-state index in [0.29, 0.717) is 0 Å². The normalized spacial score (nSPS) is 10.5. The molecule has 2 aromatic rings. The summed E-state index contributed by atoms with van der Waals surface area (Å²) in [5, 5.41) is 1.71. The van der Waals surface area contributed by atoms with Gasteiger partial charge in [0.05, 0.1) is 21.2 Å². The lowest BCUT2D eigenvalue weighted by molar-refractivity contribution is 0.415. The maximum Gasteiger partial charge on any atom is 0.121 e. The molecule has 0 N–H and O–H groups in total. The quantitative estimate of drug-likeness (QED) is 0.751. The first kappa shape index (κ1) is 9.98. The SMILES string of the molecule is COc1ccc2c(Cl)c(I)cnc2c1. The Morgan fingerprint density at radius 1 is 1.43 bits per heavy atom. The zero-order chi connectivity index (χ0) is 10.1. The van der Waals surface area contributed by atoms with Gasteiger partial charge in [0, 0.05) is 17.6 Å². The summed E-state index contributed by atoms with van der Waals surface area (Å²) in [6.45, 7) is 0. The van der Waals surface area contributed by atoms with E-state index in [2.05, 4.69) is 27.6 Å². The van der Waals surface area contributed by atoms with E-state index in [9.17, 15) is 0 Å². The van der Waals surface area contributed by atoms with Crippen molar-refractivity contribution >= 4 is 45.1 Å². The third-order valence-electron chi connectivity index (χ3n) is 1.97. The summed E-state index contributed by atoms with van der Waals surface area (Å²) < 4.78 is 6.07. The van der Waals surface area contributed by atoms with Crippen LogP contribution in [0.25, 0.3) is 10.9 Å². The Bertz CT molecular complexity index is 487. The molecule has 0 amide bonds. The Morgan fingerprint density at radius 3 is 2.93 bits per heavy atom. The smallest absolute Gasteiger partial charge is 0.121 e. The van der Waals surface area contributed by atoms with E-state index >= 15 is 0 Å². The maximum absolute atomic E-state index is 6.13. The van der Waals surface area contributed by atoms with Gasteiger partial charge in [0.2, 0.25) is 0 Å². The van der Waals surface area contributed by atoms with Gasteiger partial charge in [0.25, 0.3) is 0 Å². The fourth-order valence-corrected chi connectivity index (χ4v) is 1.88. The van der Waals surface area contributed by atoms with Crippen molar-refractivity contribution in [1.82, 2.24) is 4.98 Å². The Morgan fingerprint density at radius 2 is 2.21 bits per heavy atom. The van der Waals surface area contributed by atoms with Crippen molar-refractivity contribution in [1.29, 1.82) is 0 Å². The van der Waals surface area contributed by atoms with Gasteiger partial charge in [-0.05, 0) is 34.7 Å². The van der Waals surface area contributed by atoms with Crippen LogP contribution in [0.3, 0.4) is 0 Å². The second-order valence-corrected chi connectivity index (χ2v) is 4.34. The number of halogens is 2. The summed E-state index contributed by atoms with van der Waals surface area (Å²) in [7, 11) is 1.63. The van der Waals surface area contributed by atoms with Crippen molar-refractivity contribution in [2.75, 3.05) is 7.11 Å². The molecule has 0 aliphatic rings. The molecule has 0 saturated heterocycles. The molecule has 1 aromatic carbocycles. The largest absolute Gasteiger partial charge is 0.497 e. The number of pyridine rings is 1. The minimum absolute atomic E-state index is 0.748. The van der Waals surface area contributed by atoms with Crippen LogP contribution in [0.15, 0.2) is 24.4 Å². The highest BCUT2D eigenvalue weighted by Crippen LogP contribution is 2.28. The summed E-state index contributed by atoms with van der Waals surface area (Å²) in [6.07, 6.45) is 1.75. The van der Waals surface area contributed by atoms with E-state index < -0.39 is 0 Å². The van der Waals surface area contributed by atoms with Gasteiger partial charge >= 0.3 is 0 Å².